The number of hydrogen-bond acceptors (Lipinski definition) is 5. The van der Waals surface area contributed by atoms with Gasteiger partial charge in [-0.15, -0.1) is 0 Å². The van der Waals surface area contributed by atoms with E-state index in [4.69, 9.17) is 9.26 Å². The molecule has 1 saturated heterocycles. The van der Waals surface area contributed by atoms with Crippen LogP contribution in [0.3, 0.4) is 0 Å². The maximum Gasteiger partial charge on any atom is 0.226 e. The predicted octanol–water partition coefficient (Wildman–Crippen LogP) is 1.50. The molecule has 0 spiro atoms. The van der Waals surface area contributed by atoms with Crippen LogP contribution in [0.2, 0.25) is 0 Å². The Morgan fingerprint density at radius 3 is 3.18 bits per heavy atom. The highest BCUT2D eigenvalue weighted by atomic mass is 16.5. The quantitative estimate of drug-likeness (QED) is 0.844. The van der Waals surface area contributed by atoms with E-state index in [1.165, 1.54) is 6.42 Å². The van der Waals surface area contributed by atoms with Gasteiger partial charge in [0.1, 0.15) is 0 Å². The Hall–Kier alpha value is -0.940. The summed E-state index contributed by atoms with van der Waals surface area (Å²) in [4.78, 5) is 4.47. The van der Waals surface area contributed by atoms with Gasteiger partial charge in [0.15, 0.2) is 5.82 Å². The molecule has 17 heavy (non-hydrogen) atoms. The summed E-state index contributed by atoms with van der Waals surface area (Å²) in [5, 5.41) is 7.44. The third-order valence-electron chi connectivity index (χ3n) is 3.31. The number of aryl methyl sites for hydroxylation is 1. The molecule has 0 aliphatic carbocycles. The first kappa shape index (κ1) is 12.5. The van der Waals surface area contributed by atoms with Crippen LogP contribution in [0.5, 0.6) is 0 Å². The molecule has 5 heteroatoms. The molecule has 0 saturated carbocycles. The van der Waals surface area contributed by atoms with Gasteiger partial charge in [-0.2, -0.15) is 4.98 Å². The number of nitrogens with zero attached hydrogens (tertiary/aromatic N) is 2. The lowest BCUT2D eigenvalue weighted by atomic mass is 9.99. The molecule has 5 nitrogen and oxygen atoms in total. The molecule has 0 bridgehead atoms. The molecule has 1 aliphatic heterocycles. The van der Waals surface area contributed by atoms with Crippen molar-refractivity contribution < 1.29 is 9.26 Å². The Morgan fingerprint density at radius 1 is 1.59 bits per heavy atom. The van der Waals surface area contributed by atoms with Crippen molar-refractivity contribution in [3.8, 4) is 0 Å². The van der Waals surface area contributed by atoms with Crippen molar-refractivity contribution in [2.75, 3.05) is 20.2 Å². The second kappa shape index (κ2) is 6.12. The summed E-state index contributed by atoms with van der Waals surface area (Å²) in [5.74, 6) is 2.01. The Kier molecular flexibility index (Phi) is 4.50. The van der Waals surface area contributed by atoms with Crippen LogP contribution in [0.4, 0.5) is 0 Å². The largest absolute Gasteiger partial charge is 0.382 e. The molecular weight excluding hydrogens is 218 g/mol. The molecule has 0 aromatic carbocycles. The van der Waals surface area contributed by atoms with Crippen molar-refractivity contribution in [1.29, 1.82) is 0 Å². The minimum atomic E-state index is 0.238. The zero-order chi connectivity index (χ0) is 12.1. The van der Waals surface area contributed by atoms with Gasteiger partial charge < -0.3 is 14.6 Å². The average molecular weight is 239 g/mol. The maximum atomic E-state index is 5.27. The second-order valence-electron chi connectivity index (χ2n) is 4.67. The molecule has 1 aromatic heterocycles. The third kappa shape index (κ3) is 3.51. The second-order valence-corrected chi connectivity index (χ2v) is 4.67. The van der Waals surface area contributed by atoms with E-state index in [1.54, 1.807) is 7.11 Å². The molecular formula is C12H21N3O2. The van der Waals surface area contributed by atoms with Crippen LogP contribution in [0.15, 0.2) is 4.52 Å². The molecule has 1 aromatic rings. The molecule has 0 amide bonds. The van der Waals surface area contributed by atoms with Gasteiger partial charge >= 0.3 is 0 Å². The van der Waals surface area contributed by atoms with E-state index < -0.39 is 0 Å². The fraction of sp³-hybridized carbons (Fsp3) is 0.833. The average Bonchev–Trinajstić information content (AvgIpc) is 2.86. The fourth-order valence-electron chi connectivity index (χ4n) is 2.05. The van der Waals surface area contributed by atoms with Crippen molar-refractivity contribution in [1.82, 2.24) is 15.5 Å². The third-order valence-corrected chi connectivity index (χ3v) is 3.31. The van der Waals surface area contributed by atoms with Crippen LogP contribution in [0.25, 0.3) is 0 Å². The summed E-state index contributed by atoms with van der Waals surface area (Å²) in [6, 6.07) is 0. The summed E-state index contributed by atoms with van der Waals surface area (Å²) in [6.07, 6.45) is 4.29. The van der Waals surface area contributed by atoms with Crippen molar-refractivity contribution in [2.45, 2.75) is 44.6 Å². The van der Waals surface area contributed by atoms with Crippen molar-refractivity contribution in [3.63, 3.8) is 0 Å². The maximum absolute atomic E-state index is 5.27. The zero-order valence-electron chi connectivity index (χ0n) is 10.6. The highest BCUT2D eigenvalue weighted by Gasteiger charge is 2.20. The predicted molar refractivity (Wildman–Crippen MR) is 63.9 cm³/mol. The smallest absolute Gasteiger partial charge is 0.226 e. The summed E-state index contributed by atoms with van der Waals surface area (Å²) >= 11 is 0. The van der Waals surface area contributed by atoms with Gasteiger partial charge in [-0.3, -0.25) is 0 Å². The lowest BCUT2D eigenvalue weighted by Crippen LogP contribution is -2.28. The van der Waals surface area contributed by atoms with Crippen LogP contribution in [-0.2, 0) is 11.2 Å². The van der Waals surface area contributed by atoms with Gasteiger partial charge in [-0.05, 0) is 32.7 Å². The number of ether oxygens (including phenoxy) is 1. The van der Waals surface area contributed by atoms with Crippen molar-refractivity contribution in [3.05, 3.63) is 11.7 Å². The van der Waals surface area contributed by atoms with Crippen LogP contribution in [0, 0.1) is 0 Å². The van der Waals surface area contributed by atoms with Crippen LogP contribution in [-0.4, -0.2) is 36.4 Å². The Balaban J connectivity index is 1.86. The SMILES string of the molecule is COC(C)CCc1nc(C2CCCNC2)no1. The summed E-state index contributed by atoms with van der Waals surface area (Å²) in [6.45, 7) is 4.11. The van der Waals surface area contributed by atoms with Crippen LogP contribution < -0.4 is 5.32 Å². The number of piperidine rings is 1. The number of aromatic nitrogens is 2. The molecule has 2 atom stereocenters. The van der Waals surface area contributed by atoms with E-state index in [9.17, 15) is 0 Å². The van der Waals surface area contributed by atoms with E-state index in [0.29, 0.717) is 5.92 Å². The first-order valence-corrected chi connectivity index (χ1v) is 6.35. The number of nitrogens with one attached hydrogen (secondary N) is 1. The normalized spacial score (nSPS) is 22.6. The van der Waals surface area contributed by atoms with E-state index in [0.717, 1.165) is 44.1 Å². The zero-order valence-corrected chi connectivity index (χ0v) is 10.6. The van der Waals surface area contributed by atoms with Crippen LogP contribution >= 0.6 is 0 Å². The van der Waals surface area contributed by atoms with Crippen molar-refractivity contribution in [2.24, 2.45) is 0 Å². The minimum absolute atomic E-state index is 0.238. The molecule has 2 heterocycles. The lowest BCUT2D eigenvalue weighted by Gasteiger charge is -2.19. The van der Waals surface area contributed by atoms with Crippen LogP contribution in [0.1, 0.15) is 43.8 Å². The van der Waals surface area contributed by atoms with Gasteiger partial charge in [-0.25, -0.2) is 0 Å². The number of hydrogen-bond donors (Lipinski definition) is 1. The highest BCUT2D eigenvalue weighted by molar-refractivity contribution is 4.98. The first-order chi connectivity index (χ1) is 8.29. The topological polar surface area (TPSA) is 60.2 Å². The van der Waals surface area contributed by atoms with Gasteiger partial charge in [0.05, 0.1) is 6.10 Å². The Labute approximate surface area is 102 Å². The van der Waals surface area contributed by atoms with Gasteiger partial charge in [-0.1, -0.05) is 5.16 Å². The van der Waals surface area contributed by atoms with E-state index in [-0.39, 0.29) is 6.10 Å². The number of rotatable bonds is 5. The van der Waals surface area contributed by atoms with Gasteiger partial charge in [0.25, 0.3) is 0 Å². The highest BCUT2D eigenvalue weighted by Crippen LogP contribution is 2.20. The van der Waals surface area contributed by atoms with Gasteiger partial charge in [0, 0.05) is 26.0 Å². The fourth-order valence-corrected chi connectivity index (χ4v) is 2.05. The molecule has 0 radical (unpaired) electrons. The van der Waals surface area contributed by atoms with Crippen molar-refractivity contribution >= 4 is 0 Å². The Morgan fingerprint density at radius 2 is 2.47 bits per heavy atom. The molecule has 1 N–H and O–H groups in total. The Bertz CT molecular complexity index is 334. The van der Waals surface area contributed by atoms with E-state index >= 15 is 0 Å². The first-order valence-electron chi connectivity index (χ1n) is 6.35. The monoisotopic (exact) mass is 239 g/mol. The molecule has 96 valence electrons. The standard InChI is InChI=1S/C12H21N3O2/c1-9(16-2)5-6-11-14-12(15-17-11)10-4-3-7-13-8-10/h9-10,13H,3-8H2,1-2H3. The molecule has 1 fully saturated rings. The van der Waals surface area contributed by atoms with Gasteiger partial charge in [0.2, 0.25) is 5.89 Å². The number of methoxy groups -OCH3 is 1. The summed E-state index contributed by atoms with van der Waals surface area (Å²) < 4.78 is 10.5. The summed E-state index contributed by atoms with van der Waals surface area (Å²) in [5.41, 5.74) is 0. The molecule has 2 rings (SSSR count). The molecule has 1 aliphatic rings. The minimum Gasteiger partial charge on any atom is -0.382 e. The summed E-state index contributed by atoms with van der Waals surface area (Å²) in [7, 11) is 1.72. The molecule has 2 unspecified atom stereocenters. The van der Waals surface area contributed by atoms with E-state index in [1.807, 2.05) is 6.92 Å². The van der Waals surface area contributed by atoms with E-state index in [2.05, 4.69) is 15.5 Å². The lowest BCUT2D eigenvalue weighted by molar-refractivity contribution is 0.109.